The van der Waals surface area contributed by atoms with Gasteiger partial charge in [-0.25, -0.2) is 4.79 Å². The number of carbonyl (C=O) groups excluding carboxylic acids is 1. The first-order valence-corrected chi connectivity index (χ1v) is 7.98. The van der Waals surface area contributed by atoms with Crippen LogP contribution in [0.3, 0.4) is 0 Å². The van der Waals surface area contributed by atoms with Gasteiger partial charge in [0.2, 0.25) is 0 Å². The second-order valence-corrected chi connectivity index (χ2v) is 7.58. The van der Waals surface area contributed by atoms with E-state index in [4.69, 9.17) is 4.74 Å². The van der Waals surface area contributed by atoms with Gasteiger partial charge in [-0.3, -0.25) is 0 Å². The van der Waals surface area contributed by atoms with Crippen LogP contribution in [0.2, 0.25) is 0 Å². The van der Waals surface area contributed by atoms with E-state index in [0.29, 0.717) is 13.1 Å². The van der Waals surface area contributed by atoms with Crippen molar-refractivity contribution in [3.63, 3.8) is 0 Å². The van der Waals surface area contributed by atoms with Gasteiger partial charge in [0.05, 0.1) is 5.54 Å². The lowest BCUT2D eigenvalue weighted by molar-refractivity contribution is 0.0133. The van der Waals surface area contributed by atoms with E-state index in [0.717, 1.165) is 11.0 Å². The summed E-state index contributed by atoms with van der Waals surface area (Å²) in [5, 5.41) is 3.51. The van der Waals surface area contributed by atoms with Crippen molar-refractivity contribution in [2.75, 3.05) is 19.6 Å². The summed E-state index contributed by atoms with van der Waals surface area (Å²) in [6, 6.07) is 8.20. The summed E-state index contributed by atoms with van der Waals surface area (Å²) >= 11 is 3.45. The number of nitrogens with one attached hydrogen (secondary N) is 1. The second kappa shape index (κ2) is 5.97. The second-order valence-electron chi connectivity index (χ2n) is 6.67. The number of carbonyl (C=O) groups is 1. The zero-order valence-electron chi connectivity index (χ0n) is 13.1. The Balaban J connectivity index is 2.12. The number of halogens is 1. The van der Waals surface area contributed by atoms with E-state index >= 15 is 0 Å². The van der Waals surface area contributed by atoms with Crippen molar-refractivity contribution in [2.24, 2.45) is 0 Å². The predicted molar refractivity (Wildman–Crippen MR) is 87.3 cm³/mol. The number of amides is 1. The van der Waals surface area contributed by atoms with E-state index in [2.05, 4.69) is 40.3 Å². The normalized spacial score (nSPS) is 23.0. The third-order valence-electron chi connectivity index (χ3n) is 3.54. The van der Waals surface area contributed by atoms with Gasteiger partial charge < -0.3 is 15.0 Å². The summed E-state index contributed by atoms with van der Waals surface area (Å²) < 4.78 is 6.53. The first-order chi connectivity index (χ1) is 9.70. The minimum Gasteiger partial charge on any atom is -0.444 e. The van der Waals surface area contributed by atoms with E-state index in [1.54, 1.807) is 4.90 Å². The van der Waals surface area contributed by atoms with Crippen LogP contribution in [0.15, 0.2) is 28.7 Å². The molecule has 0 spiro atoms. The molecule has 1 N–H and O–H groups in total. The molecule has 0 aliphatic carbocycles. The number of hydrogen-bond donors (Lipinski definition) is 1. The third kappa shape index (κ3) is 4.20. The molecule has 1 aliphatic heterocycles. The first kappa shape index (κ1) is 16.3. The molecule has 1 aromatic rings. The van der Waals surface area contributed by atoms with Gasteiger partial charge in [-0.05, 0) is 45.4 Å². The Morgan fingerprint density at radius 1 is 1.33 bits per heavy atom. The standard InChI is InChI=1S/C16H23BrN2O2/c1-15(2,3)21-14(20)19-10-9-18-16(4,11-19)12-5-7-13(17)8-6-12/h5-8,18H,9-11H2,1-4H3. The Bertz CT molecular complexity index is 510. The summed E-state index contributed by atoms with van der Waals surface area (Å²) in [7, 11) is 0. The van der Waals surface area contributed by atoms with Gasteiger partial charge in [0.1, 0.15) is 5.60 Å². The Morgan fingerprint density at radius 2 is 1.95 bits per heavy atom. The molecule has 1 unspecified atom stereocenters. The number of rotatable bonds is 1. The summed E-state index contributed by atoms with van der Waals surface area (Å²) in [4.78, 5) is 14.0. The minimum atomic E-state index is -0.462. The topological polar surface area (TPSA) is 41.6 Å². The zero-order chi connectivity index (χ0) is 15.7. The number of hydrogen-bond acceptors (Lipinski definition) is 3. The van der Waals surface area contributed by atoms with Gasteiger partial charge in [-0.15, -0.1) is 0 Å². The summed E-state index contributed by atoms with van der Waals surface area (Å²) in [5.41, 5.74) is 0.449. The van der Waals surface area contributed by atoms with Crippen LogP contribution in [0.1, 0.15) is 33.3 Å². The van der Waals surface area contributed by atoms with Crippen molar-refractivity contribution in [1.82, 2.24) is 10.2 Å². The highest BCUT2D eigenvalue weighted by atomic mass is 79.9. The summed E-state index contributed by atoms with van der Waals surface area (Å²) in [5.74, 6) is 0. The Morgan fingerprint density at radius 3 is 2.52 bits per heavy atom. The van der Waals surface area contributed by atoms with Crippen molar-refractivity contribution < 1.29 is 9.53 Å². The van der Waals surface area contributed by atoms with E-state index in [9.17, 15) is 4.79 Å². The van der Waals surface area contributed by atoms with Crippen LogP contribution in [0, 0.1) is 0 Å². The lowest BCUT2D eigenvalue weighted by Crippen LogP contribution is -2.58. The fraction of sp³-hybridized carbons (Fsp3) is 0.562. The number of nitrogens with zero attached hydrogens (tertiary/aromatic N) is 1. The molecule has 2 rings (SSSR count). The Kier molecular flexibility index (Phi) is 4.63. The van der Waals surface area contributed by atoms with E-state index in [-0.39, 0.29) is 11.6 Å². The molecule has 0 saturated carbocycles. The van der Waals surface area contributed by atoms with Gasteiger partial charge in [-0.2, -0.15) is 0 Å². The molecular weight excluding hydrogens is 332 g/mol. The number of benzene rings is 1. The minimum absolute atomic E-state index is 0.243. The van der Waals surface area contributed by atoms with Crippen LogP contribution in [0.5, 0.6) is 0 Å². The Hall–Kier alpha value is -1.07. The molecule has 1 fully saturated rings. The van der Waals surface area contributed by atoms with Crippen molar-refractivity contribution in [1.29, 1.82) is 0 Å². The van der Waals surface area contributed by atoms with Crippen LogP contribution in [0.25, 0.3) is 0 Å². The molecule has 0 bridgehead atoms. The highest BCUT2D eigenvalue weighted by molar-refractivity contribution is 9.10. The SMILES string of the molecule is CC(C)(C)OC(=O)N1CCNC(C)(c2ccc(Br)cc2)C1. The molecular formula is C16H23BrN2O2. The van der Waals surface area contributed by atoms with Crippen LogP contribution >= 0.6 is 15.9 Å². The van der Waals surface area contributed by atoms with Crippen LogP contribution in [0.4, 0.5) is 4.79 Å². The maximum absolute atomic E-state index is 12.3. The smallest absolute Gasteiger partial charge is 0.410 e. The van der Waals surface area contributed by atoms with Crippen LogP contribution in [-0.2, 0) is 10.3 Å². The molecule has 1 heterocycles. The van der Waals surface area contributed by atoms with Crippen LogP contribution in [-0.4, -0.2) is 36.2 Å². The predicted octanol–water partition coefficient (Wildman–Crippen LogP) is 3.50. The highest BCUT2D eigenvalue weighted by Crippen LogP contribution is 2.26. The summed E-state index contributed by atoms with van der Waals surface area (Å²) in [6.07, 6.45) is -0.243. The van der Waals surface area contributed by atoms with E-state index in [1.165, 1.54) is 5.56 Å². The summed E-state index contributed by atoms with van der Waals surface area (Å²) in [6.45, 7) is 9.81. The van der Waals surface area contributed by atoms with Crippen molar-refractivity contribution in [3.05, 3.63) is 34.3 Å². The first-order valence-electron chi connectivity index (χ1n) is 7.19. The van der Waals surface area contributed by atoms with Gasteiger partial charge >= 0.3 is 6.09 Å². The van der Waals surface area contributed by atoms with Gasteiger partial charge in [0.15, 0.2) is 0 Å². The lowest BCUT2D eigenvalue weighted by Gasteiger charge is -2.42. The molecule has 1 aromatic carbocycles. The van der Waals surface area contributed by atoms with E-state index < -0.39 is 5.60 Å². The lowest BCUT2D eigenvalue weighted by atomic mass is 9.90. The highest BCUT2D eigenvalue weighted by Gasteiger charge is 2.35. The molecule has 0 aromatic heterocycles. The molecule has 1 atom stereocenters. The fourth-order valence-electron chi connectivity index (χ4n) is 2.48. The van der Waals surface area contributed by atoms with Crippen molar-refractivity contribution in [2.45, 2.75) is 38.8 Å². The maximum atomic E-state index is 12.3. The molecule has 21 heavy (non-hydrogen) atoms. The number of piperazine rings is 1. The molecule has 1 amide bonds. The molecule has 4 nitrogen and oxygen atoms in total. The Labute approximate surface area is 135 Å². The van der Waals surface area contributed by atoms with Gasteiger partial charge in [-0.1, -0.05) is 28.1 Å². The molecule has 0 radical (unpaired) electrons. The van der Waals surface area contributed by atoms with E-state index in [1.807, 2.05) is 32.9 Å². The molecule has 5 heteroatoms. The monoisotopic (exact) mass is 354 g/mol. The zero-order valence-corrected chi connectivity index (χ0v) is 14.7. The number of ether oxygens (including phenoxy) is 1. The average Bonchev–Trinajstić information content (AvgIpc) is 2.37. The fourth-order valence-corrected chi connectivity index (χ4v) is 2.74. The van der Waals surface area contributed by atoms with Crippen molar-refractivity contribution in [3.8, 4) is 0 Å². The quantitative estimate of drug-likeness (QED) is 0.838. The van der Waals surface area contributed by atoms with Gasteiger partial charge in [0, 0.05) is 24.1 Å². The molecule has 1 aliphatic rings. The molecule has 116 valence electrons. The average molecular weight is 355 g/mol. The third-order valence-corrected chi connectivity index (χ3v) is 4.07. The van der Waals surface area contributed by atoms with Gasteiger partial charge in [0.25, 0.3) is 0 Å². The largest absolute Gasteiger partial charge is 0.444 e. The molecule has 1 saturated heterocycles. The van der Waals surface area contributed by atoms with Crippen LogP contribution < -0.4 is 5.32 Å². The van der Waals surface area contributed by atoms with Crippen molar-refractivity contribution >= 4 is 22.0 Å². The maximum Gasteiger partial charge on any atom is 0.410 e.